The molecule has 0 unspecified atom stereocenters. The highest BCUT2D eigenvalue weighted by molar-refractivity contribution is 6.04. The molecule has 0 aliphatic heterocycles. The fourth-order valence-electron chi connectivity index (χ4n) is 3.14. The molecular weight excluding hydrogens is 408 g/mol. The molecule has 0 fully saturated rings. The summed E-state index contributed by atoms with van der Waals surface area (Å²) in [6, 6.07) is 21.5. The average Bonchev–Trinajstić information content (AvgIpc) is 3.50. The number of nitrogens with one attached hydrogen (secondary N) is 1. The molecule has 8 nitrogen and oxygen atoms in total. The van der Waals surface area contributed by atoms with Crippen LogP contribution in [0.4, 0.5) is 16.2 Å². The highest BCUT2D eigenvalue weighted by Gasteiger charge is 2.19. The summed E-state index contributed by atoms with van der Waals surface area (Å²) in [6.45, 7) is 2.05. The van der Waals surface area contributed by atoms with Gasteiger partial charge in [0.05, 0.1) is 18.6 Å². The van der Waals surface area contributed by atoms with Crippen molar-refractivity contribution in [2.24, 2.45) is 0 Å². The van der Waals surface area contributed by atoms with Crippen LogP contribution in [0.25, 0.3) is 17.1 Å². The zero-order valence-corrected chi connectivity index (χ0v) is 17.7. The van der Waals surface area contributed by atoms with E-state index < -0.39 is 6.09 Å². The second-order valence-electron chi connectivity index (χ2n) is 6.90. The number of para-hydroxylation sites is 1. The summed E-state index contributed by atoms with van der Waals surface area (Å²) in [6.07, 6.45) is 1.12. The summed E-state index contributed by atoms with van der Waals surface area (Å²) in [7, 11) is 1.63. The summed E-state index contributed by atoms with van der Waals surface area (Å²) >= 11 is 0. The van der Waals surface area contributed by atoms with Gasteiger partial charge in [-0.05, 0) is 55.5 Å². The van der Waals surface area contributed by atoms with E-state index in [4.69, 9.17) is 9.15 Å². The predicted molar refractivity (Wildman–Crippen MR) is 121 cm³/mol. The maximum Gasteiger partial charge on any atom is 0.413 e. The van der Waals surface area contributed by atoms with Crippen molar-refractivity contribution in [1.82, 2.24) is 9.78 Å². The molecule has 0 bridgehead atoms. The number of hydrogen-bond donors (Lipinski definition) is 1. The van der Waals surface area contributed by atoms with Gasteiger partial charge in [-0.15, -0.1) is 0 Å². The van der Waals surface area contributed by atoms with E-state index in [1.165, 1.54) is 4.90 Å². The highest BCUT2D eigenvalue weighted by atomic mass is 16.6. The number of anilines is 2. The van der Waals surface area contributed by atoms with Crippen LogP contribution in [0.5, 0.6) is 0 Å². The first-order valence-electron chi connectivity index (χ1n) is 10.1. The molecule has 0 atom stereocenters. The SMILES string of the molecule is CCOC(=O)N(C)c1ccc(NC(=O)c2cc(-c3ccco3)nn2-c2ccccc2)cc1. The molecule has 4 rings (SSSR count). The Bertz CT molecular complexity index is 1200. The van der Waals surface area contributed by atoms with Crippen LogP contribution in [0.15, 0.2) is 83.5 Å². The summed E-state index contributed by atoms with van der Waals surface area (Å²) < 4.78 is 12.0. The molecule has 2 aromatic heterocycles. The minimum Gasteiger partial charge on any atom is -0.463 e. The topological polar surface area (TPSA) is 89.6 Å². The predicted octanol–water partition coefficient (Wildman–Crippen LogP) is 4.98. The molecule has 32 heavy (non-hydrogen) atoms. The van der Waals surface area contributed by atoms with E-state index in [9.17, 15) is 9.59 Å². The first-order chi connectivity index (χ1) is 15.6. The molecule has 0 saturated carbocycles. The minimum absolute atomic E-state index is 0.298. The molecule has 162 valence electrons. The van der Waals surface area contributed by atoms with Crippen LogP contribution < -0.4 is 10.2 Å². The number of aromatic nitrogens is 2. The molecule has 0 aliphatic carbocycles. The Balaban J connectivity index is 1.58. The van der Waals surface area contributed by atoms with Crippen LogP contribution in [0.1, 0.15) is 17.4 Å². The third-order valence-corrected chi connectivity index (χ3v) is 4.77. The molecule has 0 aliphatic rings. The van der Waals surface area contributed by atoms with Crippen molar-refractivity contribution in [2.75, 3.05) is 23.9 Å². The average molecular weight is 430 g/mol. The fourth-order valence-corrected chi connectivity index (χ4v) is 3.14. The normalized spacial score (nSPS) is 10.6. The summed E-state index contributed by atoms with van der Waals surface area (Å²) in [5, 5.41) is 7.45. The molecule has 8 heteroatoms. The molecule has 2 aromatic carbocycles. The first kappa shape index (κ1) is 20.9. The number of rotatable bonds is 6. The van der Waals surface area contributed by atoms with E-state index in [0.29, 0.717) is 35.1 Å². The van der Waals surface area contributed by atoms with Gasteiger partial charge in [-0.3, -0.25) is 9.69 Å². The standard InChI is InChI=1S/C24H22N4O4/c1-3-31-24(30)27(2)18-13-11-17(12-14-18)25-23(29)21-16-20(22-10-7-15-32-22)26-28(21)19-8-5-4-6-9-19/h4-16H,3H2,1-2H3,(H,25,29). The zero-order chi connectivity index (χ0) is 22.5. The van der Waals surface area contributed by atoms with Crippen molar-refractivity contribution in [1.29, 1.82) is 0 Å². The number of carbonyl (C=O) groups is 2. The number of amides is 2. The Morgan fingerprint density at radius 1 is 1.06 bits per heavy atom. The molecule has 2 heterocycles. The Morgan fingerprint density at radius 3 is 2.47 bits per heavy atom. The number of carbonyl (C=O) groups excluding carboxylic acids is 2. The van der Waals surface area contributed by atoms with E-state index in [0.717, 1.165) is 5.69 Å². The Kier molecular flexibility index (Phi) is 6.03. The first-order valence-corrected chi connectivity index (χ1v) is 10.1. The number of ether oxygens (including phenoxy) is 1. The van der Waals surface area contributed by atoms with Crippen LogP contribution >= 0.6 is 0 Å². The van der Waals surface area contributed by atoms with E-state index in [-0.39, 0.29) is 5.91 Å². The largest absolute Gasteiger partial charge is 0.463 e. The summed E-state index contributed by atoms with van der Waals surface area (Å²) in [4.78, 5) is 26.4. The molecule has 0 radical (unpaired) electrons. The highest BCUT2D eigenvalue weighted by Crippen LogP contribution is 2.24. The molecule has 4 aromatic rings. The van der Waals surface area contributed by atoms with Crippen molar-refractivity contribution >= 4 is 23.4 Å². The lowest BCUT2D eigenvalue weighted by Gasteiger charge is -2.17. The number of nitrogens with zero attached hydrogens (tertiary/aromatic N) is 3. The molecule has 1 N–H and O–H groups in total. The number of benzene rings is 2. The van der Waals surface area contributed by atoms with Gasteiger partial charge in [-0.1, -0.05) is 18.2 Å². The van der Waals surface area contributed by atoms with E-state index in [1.54, 1.807) is 67.4 Å². The maximum absolute atomic E-state index is 13.1. The van der Waals surface area contributed by atoms with Gasteiger partial charge in [0.1, 0.15) is 11.4 Å². The third-order valence-electron chi connectivity index (χ3n) is 4.77. The minimum atomic E-state index is -0.443. The van der Waals surface area contributed by atoms with Crippen LogP contribution in [0, 0.1) is 0 Å². The second-order valence-corrected chi connectivity index (χ2v) is 6.90. The summed E-state index contributed by atoms with van der Waals surface area (Å²) in [5.41, 5.74) is 2.89. The number of furan rings is 1. The second kappa shape index (κ2) is 9.22. The van der Waals surface area contributed by atoms with Crippen molar-refractivity contribution < 1.29 is 18.7 Å². The van der Waals surface area contributed by atoms with Gasteiger partial charge in [0.15, 0.2) is 5.76 Å². The molecular formula is C24H22N4O4. The third kappa shape index (κ3) is 4.39. The molecule has 0 spiro atoms. The van der Waals surface area contributed by atoms with Gasteiger partial charge in [-0.2, -0.15) is 5.10 Å². The summed E-state index contributed by atoms with van der Waals surface area (Å²) in [5.74, 6) is 0.241. The van der Waals surface area contributed by atoms with Crippen LogP contribution in [0.2, 0.25) is 0 Å². The van der Waals surface area contributed by atoms with E-state index in [1.807, 2.05) is 30.3 Å². The smallest absolute Gasteiger partial charge is 0.413 e. The lowest BCUT2D eigenvalue weighted by molar-refractivity contribution is 0.101. The van der Waals surface area contributed by atoms with Gasteiger partial charge >= 0.3 is 6.09 Å². The van der Waals surface area contributed by atoms with Crippen LogP contribution in [-0.4, -0.2) is 35.4 Å². The fraction of sp³-hybridized carbons (Fsp3) is 0.125. The van der Waals surface area contributed by atoms with Gasteiger partial charge < -0.3 is 14.5 Å². The Morgan fingerprint density at radius 2 is 1.81 bits per heavy atom. The van der Waals surface area contributed by atoms with E-state index in [2.05, 4.69) is 10.4 Å². The van der Waals surface area contributed by atoms with Gasteiger partial charge in [-0.25, -0.2) is 9.48 Å². The molecule has 0 saturated heterocycles. The van der Waals surface area contributed by atoms with Crippen molar-refractivity contribution in [3.8, 4) is 17.1 Å². The maximum atomic E-state index is 13.1. The van der Waals surface area contributed by atoms with Crippen molar-refractivity contribution in [3.05, 3.63) is 84.8 Å². The lowest BCUT2D eigenvalue weighted by Crippen LogP contribution is -2.26. The van der Waals surface area contributed by atoms with Crippen molar-refractivity contribution in [2.45, 2.75) is 6.92 Å². The van der Waals surface area contributed by atoms with Crippen LogP contribution in [-0.2, 0) is 4.74 Å². The zero-order valence-electron chi connectivity index (χ0n) is 17.7. The number of hydrogen-bond acceptors (Lipinski definition) is 5. The van der Waals surface area contributed by atoms with Crippen LogP contribution in [0.3, 0.4) is 0 Å². The van der Waals surface area contributed by atoms with Gasteiger partial charge in [0, 0.05) is 24.5 Å². The Hall–Kier alpha value is -4.33. The monoisotopic (exact) mass is 430 g/mol. The van der Waals surface area contributed by atoms with Gasteiger partial charge in [0.25, 0.3) is 5.91 Å². The Labute approximate surface area is 185 Å². The lowest BCUT2D eigenvalue weighted by atomic mass is 10.2. The van der Waals surface area contributed by atoms with Crippen molar-refractivity contribution in [3.63, 3.8) is 0 Å². The van der Waals surface area contributed by atoms with Gasteiger partial charge in [0.2, 0.25) is 0 Å². The molecule has 2 amide bonds. The van der Waals surface area contributed by atoms with E-state index >= 15 is 0 Å². The quantitative estimate of drug-likeness (QED) is 0.466.